The van der Waals surface area contributed by atoms with Crippen molar-refractivity contribution in [3.05, 3.63) is 70.8 Å². The molecule has 2 aromatic rings. The molecule has 0 saturated carbocycles. The number of benzene rings is 2. The van der Waals surface area contributed by atoms with Gasteiger partial charge >= 0.3 is 5.97 Å². The molecule has 7 heteroatoms. The zero-order chi connectivity index (χ0) is 19.6. The lowest BCUT2D eigenvalue weighted by atomic mass is 10.1. The highest BCUT2D eigenvalue weighted by atomic mass is 16.5. The molecule has 0 spiro atoms. The smallest absolute Gasteiger partial charge is 0.337 e. The van der Waals surface area contributed by atoms with Gasteiger partial charge in [-0.1, -0.05) is 24.3 Å². The van der Waals surface area contributed by atoms with Crippen LogP contribution in [0, 0.1) is 0 Å². The van der Waals surface area contributed by atoms with Crippen LogP contribution < -0.4 is 5.32 Å². The number of hydrogen-bond acceptors (Lipinski definition) is 5. The third kappa shape index (κ3) is 3.44. The molecule has 138 valence electrons. The summed E-state index contributed by atoms with van der Waals surface area (Å²) in [5.74, 6) is -1.83. The topological polar surface area (TPSA) is 92.8 Å². The van der Waals surface area contributed by atoms with Gasteiger partial charge in [-0.15, -0.1) is 0 Å². The second kappa shape index (κ2) is 7.41. The van der Waals surface area contributed by atoms with Crippen LogP contribution in [-0.2, 0) is 16.1 Å². The Labute approximate surface area is 155 Å². The Bertz CT molecular complexity index is 885. The lowest BCUT2D eigenvalue weighted by molar-refractivity contribution is -0.124. The normalized spacial score (nSPS) is 13.9. The van der Waals surface area contributed by atoms with E-state index in [2.05, 4.69) is 10.1 Å². The highest BCUT2D eigenvalue weighted by Crippen LogP contribution is 2.24. The number of esters is 1. The zero-order valence-electron chi connectivity index (χ0n) is 14.9. The Morgan fingerprint density at radius 1 is 1.00 bits per heavy atom. The summed E-state index contributed by atoms with van der Waals surface area (Å²) in [7, 11) is 1.30. The van der Waals surface area contributed by atoms with Gasteiger partial charge in [-0.2, -0.15) is 0 Å². The zero-order valence-corrected chi connectivity index (χ0v) is 14.9. The molecule has 1 atom stereocenters. The third-order valence-electron chi connectivity index (χ3n) is 4.43. The molecule has 1 heterocycles. The van der Waals surface area contributed by atoms with Gasteiger partial charge in [0.2, 0.25) is 5.91 Å². The van der Waals surface area contributed by atoms with Gasteiger partial charge in [0.1, 0.15) is 6.04 Å². The Kier molecular flexibility index (Phi) is 5.03. The average Bonchev–Trinajstić information content (AvgIpc) is 2.96. The van der Waals surface area contributed by atoms with E-state index in [1.807, 2.05) is 0 Å². The van der Waals surface area contributed by atoms with Crippen molar-refractivity contribution < 1.29 is 23.9 Å². The number of hydrogen-bond donors (Lipinski definition) is 1. The van der Waals surface area contributed by atoms with Crippen LogP contribution in [0.5, 0.6) is 0 Å². The van der Waals surface area contributed by atoms with Gasteiger partial charge in [0, 0.05) is 6.54 Å². The van der Waals surface area contributed by atoms with Crippen molar-refractivity contribution >= 4 is 23.7 Å². The fraction of sp³-hybridized carbons (Fsp3) is 0.200. The van der Waals surface area contributed by atoms with E-state index in [0.29, 0.717) is 16.7 Å². The molecule has 1 N–H and O–H groups in total. The predicted octanol–water partition coefficient (Wildman–Crippen LogP) is 1.77. The number of fused-ring (bicyclic) bond motifs is 1. The summed E-state index contributed by atoms with van der Waals surface area (Å²) >= 11 is 0. The number of methoxy groups -OCH3 is 1. The maximum atomic E-state index is 12.4. The number of nitrogens with one attached hydrogen (secondary N) is 1. The first kappa shape index (κ1) is 18.3. The van der Waals surface area contributed by atoms with Gasteiger partial charge in [0.15, 0.2) is 0 Å². The van der Waals surface area contributed by atoms with E-state index in [9.17, 15) is 19.2 Å². The van der Waals surface area contributed by atoms with Crippen molar-refractivity contribution in [3.8, 4) is 0 Å². The maximum Gasteiger partial charge on any atom is 0.337 e. The molecule has 0 bridgehead atoms. The number of imide groups is 1. The Balaban J connectivity index is 1.64. The summed E-state index contributed by atoms with van der Waals surface area (Å²) in [6, 6.07) is 12.1. The molecule has 0 saturated heterocycles. The molecular weight excluding hydrogens is 348 g/mol. The largest absolute Gasteiger partial charge is 0.465 e. The predicted molar refractivity (Wildman–Crippen MR) is 96.0 cm³/mol. The van der Waals surface area contributed by atoms with E-state index in [0.717, 1.165) is 10.5 Å². The van der Waals surface area contributed by atoms with Crippen LogP contribution >= 0.6 is 0 Å². The number of amides is 3. The Morgan fingerprint density at radius 3 is 2.07 bits per heavy atom. The van der Waals surface area contributed by atoms with Crippen molar-refractivity contribution in [2.45, 2.75) is 19.5 Å². The SMILES string of the molecule is COC(=O)c1ccc(CNC(=O)C(C)N2C(=O)c3ccccc3C2=O)cc1. The van der Waals surface area contributed by atoms with E-state index < -0.39 is 29.7 Å². The van der Waals surface area contributed by atoms with E-state index >= 15 is 0 Å². The molecule has 1 unspecified atom stereocenters. The quantitative estimate of drug-likeness (QED) is 0.643. The van der Waals surface area contributed by atoms with Gasteiger partial charge in [-0.3, -0.25) is 19.3 Å². The molecule has 2 aromatic carbocycles. The molecule has 7 nitrogen and oxygen atoms in total. The fourth-order valence-electron chi connectivity index (χ4n) is 2.89. The van der Waals surface area contributed by atoms with Crippen LogP contribution in [-0.4, -0.2) is 41.7 Å². The van der Waals surface area contributed by atoms with Gasteiger partial charge in [-0.25, -0.2) is 4.79 Å². The van der Waals surface area contributed by atoms with Crippen molar-refractivity contribution in [2.75, 3.05) is 7.11 Å². The van der Waals surface area contributed by atoms with E-state index in [1.54, 1.807) is 48.5 Å². The highest BCUT2D eigenvalue weighted by Gasteiger charge is 2.40. The molecule has 3 amide bonds. The maximum absolute atomic E-state index is 12.4. The minimum absolute atomic E-state index is 0.202. The monoisotopic (exact) mass is 366 g/mol. The van der Waals surface area contributed by atoms with Gasteiger partial charge in [-0.05, 0) is 36.8 Å². The van der Waals surface area contributed by atoms with Gasteiger partial charge in [0.05, 0.1) is 23.8 Å². The van der Waals surface area contributed by atoms with Crippen molar-refractivity contribution in [1.82, 2.24) is 10.2 Å². The number of carbonyl (C=O) groups excluding carboxylic acids is 4. The molecule has 1 aliphatic rings. The summed E-state index contributed by atoms with van der Waals surface area (Å²) in [6.45, 7) is 1.71. The average molecular weight is 366 g/mol. The Hall–Kier alpha value is -3.48. The summed E-state index contributed by atoms with van der Waals surface area (Å²) in [4.78, 5) is 49.7. The van der Waals surface area contributed by atoms with Crippen molar-refractivity contribution in [1.29, 1.82) is 0 Å². The van der Waals surface area contributed by atoms with E-state index in [1.165, 1.54) is 14.0 Å². The summed E-state index contributed by atoms with van der Waals surface area (Å²) in [5.41, 5.74) is 1.79. The molecular formula is C20H18N2O5. The molecule has 27 heavy (non-hydrogen) atoms. The summed E-state index contributed by atoms with van der Waals surface area (Å²) < 4.78 is 4.63. The first-order chi connectivity index (χ1) is 12.9. The van der Waals surface area contributed by atoms with E-state index in [4.69, 9.17) is 0 Å². The summed E-state index contributed by atoms with van der Waals surface area (Å²) in [5, 5.41) is 2.70. The van der Waals surface area contributed by atoms with Crippen molar-refractivity contribution in [2.24, 2.45) is 0 Å². The number of carbonyl (C=O) groups is 4. The minimum atomic E-state index is -0.938. The standard InChI is InChI=1S/C20H18N2O5/c1-12(22-18(24)15-5-3-4-6-16(15)19(22)25)17(23)21-11-13-7-9-14(10-8-13)20(26)27-2/h3-10,12H,11H2,1-2H3,(H,21,23). The second-order valence-corrected chi connectivity index (χ2v) is 6.11. The minimum Gasteiger partial charge on any atom is -0.465 e. The number of rotatable bonds is 5. The number of nitrogens with zero attached hydrogens (tertiary/aromatic N) is 1. The lowest BCUT2D eigenvalue weighted by Gasteiger charge is -2.21. The van der Waals surface area contributed by atoms with Gasteiger partial charge < -0.3 is 10.1 Å². The fourth-order valence-corrected chi connectivity index (χ4v) is 2.89. The van der Waals surface area contributed by atoms with Crippen LogP contribution in [0.2, 0.25) is 0 Å². The molecule has 0 radical (unpaired) electrons. The van der Waals surface area contributed by atoms with E-state index in [-0.39, 0.29) is 6.54 Å². The molecule has 0 aromatic heterocycles. The van der Waals surface area contributed by atoms with Crippen LogP contribution in [0.4, 0.5) is 0 Å². The Morgan fingerprint density at radius 2 is 1.56 bits per heavy atom. The van der Waals surface area contributed by atoms with Crippen LogP contribution in [0.3, 0.4) is 0 Å². The van der Waals surface area contributed by atoms with Crippen LogP contribution in [0.15, 0.2) is 48.5 Å². The molecule has 1 aliphatic heterocycles. The van der Waals surface area contributed by atoms with Crippen molar-refractivity contribution in [3.63, 3.8) is 0 Å². The lowest BCUT2D eigenvalue weighted by Crippen LogP contribution is -2.47. The molecule has 3 rings (SSSR count). The first-order valence-electron chi connectivity index (χ1n) is 8.36. The molecule has 0 fully saturated rings. The molecule has 0 aliphatic carbocycles. The second-order valence-electron chi connectivity index (χ2n) is 6.11. The first-order valence-corrected chi connectivity index (χ1v) is 8.36. The summed E-state index contributed by atoms with van der Waals surface area (Å²) in [6.07, 6.45) is 0. The number of ether oxygens (including phenoxy) is 1. The highest BCUT2D eigenvalue weighted by molar-refractivity contribution is 6.22. The third-order valence-corrected chi connectivity index (χ3v) is 4.43. The van der Waals surface area contributed by atoms with Gasteiger partial charge in [0.25, 0.3) is 11.8 Å². The van der Waals surface area contributed by atoms with Crippen LogP contribution in [0.1, 0.15) is 43.6 Å². The van der Waals surface area contributed by atoms with Crippen LogP contribution in [0.25, 0.3) is 0 Å².